The number of nitrogens with one attached hydrogen (secondary N) is 1. The molecule has 0 atom stereocenters. The molecule has 2 aromatic rings. The third kappa shape index (κ3) is 5.86. The lowest BCUT2D eigenvalue weighted by Gasteiger charge is -2.44. The molecule has 4 heterocycles. The van der Waals surface area contributed by atoms with Gasteiger partial charge in [-0.25, -0.2) is 0 Å². The van der Waals surface area contributed by atoms with Crippen LogP contribution in [0.3, 0.4) is 0 Å². The van der Waals surface area contributed by atoms with Crippen LogP contribution in [0.25, 0.3) is 11.7 Å². The van der Waals surface area contributed by atoms with Crippen LogP contribution in [0.4, 0.5) is 13.2 Å². The second kappa shape index (κ2) is 10.8. The second-order valence-corrected chi connectivity index (χ2v) is 12.0. The zero-order chi connectivity index (χ0) is 29.7. The summed E-state index contributed by atoms with van der Waals surface area (Å²) in [4.78, 5) is 42.8. The smallest absolute Gasteiger partial charge is 0.401 e. The van der Waals surface area contributed by atoms with Crippen LogP contribution in [0.2, 0.25) is 0 Å². The highest BCUT2D eigenvalue weighted by molar-refractivity contribution is 5.97. The summed E-state index contributed by atoms with van der Waals surface area (Å²) >= 11 is 0. The van der Waals surface area contributed by atoms with E-state index in [0.717, 1.165) is 30.2 Å². The van der Waals surface area contributed by atoms with Crippen molar-refractivity contribution in [2.24, 2.45) is 5.92 Å². The molecule has 224 valence electrons. The number of hydrogen-bond donors (Lipinski definition) is 2. The van der Waals surface area contributed by atoms with Crippen LogP contribution in [0.5, 0.6) is 5.88 Å². The van der Waals surface area contributed by atoms with E-state index in [4.69, 9.17) is 0 Å². The molecule has 13 heteroatoms. The summed E-state index contributed by atoms with van der Waals surface area (Å²) in [6, 6.07) is -0.00910. The number of piperidine rings is 1. The Balaban J connectivity index is 1.45. The molecule has 5 rings (SSSR count). The third-order valence-electron chi connectivity index (χ3n) is 8.35. The van der Waals surface area contributed by atoms with E-state index in [0.29, 0.717) is 37.2 Å². The number of nitrogens with zero attached hydrogens (tertiary/aromatic N) is 5. The van der Waals surface area contributed by atoms with Gasteiger partial charge in [0.25, 0.3) is 11.5 Å². The summed E-state index contributed by atoms with van der Waals surface area (Å²) in [7, 11) is 0. The van der Waals surface area contributed by atoms with Gasteiger partial charge in [0.1, 0.15) is 5.65 Å². The van der Waals surface area contributed by atoms with Crippen LogP contribution in [-0.2, 0) is 11.3 Å². The topological polar surface area (TPSA) is 112 Å². The number of halogens is 3. The van der Waals surface area contributed by atoms with Gasteiger partial charge < -0.3 is 15.3 Å². The Kier molecular flexibility index (Phi) is 7.68. The minimum absolute atomic E-state index is 0.00910. The molecule has 1 aliphatic carbocycles. The quantitative estimate of drug-likeness (QED) is 0.489. The average molecular weight is 579 g/mol. The maximum absolute atomic E-state index is 13.5. The molecule has 3 fully saturated rings. The number of alkyl halides is 3. The summed E-state index contributed by atoms with van der Waals surface area (Å²) in [5.74, 6) is -1.30. The molecule has 3 aliphatic rings. The van der Waals surface area contributed by atoms with Crippen LogP contribution in [-0.4, -0.2) is 84.8 Å². The number of aryl methyl sites for hydroxylation is 1. The monoisotopic (exact) mass is 578 g/mol. The first-order chi connectivity index (χ1) is 19.3. The van der Waals surface area contributed by atoms with Gasteiger partial charge in [0.2, 0.25) is 11.8 Å². The van der Waals surface area contributed by atoms with Crippen molar-refractivity contribution < 1.29 is 27.9 Å². The fraction of sp³-hybridized carbons (Fsp3) is 0.643. The number of likely N-dealkylation sites (tertiary alicyclic amines) is 2. The lowest BCUT2D eigenvalue weighted by Crippen LogP contribution is -2.54. The number of hydrogen-bond acceptors (Lipinski definition) is 6. The number of aromatic hydroxyl groups is 1. The molecule has 0 radical (unpaired) electrons. The fourth-order valence-corrected chi connectivity index (χ4v) is 6.21. The van der Waals surface area contributed by atoms with E-state index < -0.39 is 35.6 Å². The molecule has 10 nitrogen and oxygen atoms in total. The van der Waals surface area contributed by atoms with E-state index in [1.807, 2.05) is 13.8 Å². The highest BCUT2D eigenvalue weighted by Gasteiger charge is 2.46. The van der Waals surface area contributed by atoms with Gasteiger partial charge in [-0.3, -0.25) is 23.9 Å². The Hall–Kier alpha value is -3.35. The molecule has 1 spiro atoms. The number of rotatable bonds is 7. The van der Waals surface area contributed by atoms with Crippen LogP contribution in [0.1, 0.15) is 74.0 Å². The standard InChI is InChI=1S/C28H37F3N6O4/c1-17(2)15-35-24-20(18(3)33-37(24)26(41)22(25(35)40)23(39)32-19-5-6-19)7-8-21(38)36-12-4-9-27(36)10-13-34(14-11-27)16-28(29,30)31/h7-8,17,19,40H,4-6,9-16H2,1-3H3,(H,32,39). The van der Waals surface area contributed by atoms with Gasteiger partial charge in [0, 0.05) is 49.4 Å². The zero-order valence-electron chi connectivity index (χ0n) is 23.6. The molecule has 2 aliphatic heterocycles. The molecular weight excluding hydrogens is 541 g/mol. The first-order valence-corrected chi connectivity index (χ1v) is 14.2. The Bertz CT molecular complexity index is 1430. The Morgan fingerprint density at radius 3 is 2.46 bits per heavy atom. The van der Waals surface area contributed by atoms with Crippen molar-refractivity contribution in [1.82, 2.24) is 29.3 Å². The number of aromatic nitrogens is 3. The van der Waals surface area contributed by atoms with Crippen molar-refractivity contribution in [3.05, 3.63) is 33.3 Å². The van der Waals surface area contributed by atoms with E-state index in [1.165, 1.54) is 15.5 Å². The highest BCUT2D eigenvalue weighted by Crippen LogP contribution is 2.39. The zero-order valence-corrected chi connectivity index (χ0v) is 23.6. The minimum atomic E-state index is -4.25. The first kappa shape index (κ1) is 29.2. The van der Waals surface area contributed by atoms with Crippen molar-refractivity contribution in [2.45, 2.75) is 83.6 Å². The summed E-state index contributed by atoms with van der Waals surface area (Å²) in [6.45, 7) is 5.98. The van der Waals surface area contributed by atoms with Gasteiger partial charge in [-0.2, -0.15) is 22.8 Å². The lowest BCUT2D eigenvalue weighted by atomic mass is 9.85. The first-order valence-electron chi connectivity index (χ1n) is 14.2. The Morgan fingerprint density at radius 1 is 1.17 bits per heavy atom. The summed E-state index contributed by atoms with van der Waals surface area (Å²) in [6.07, 6.45) is 2.86. The molecule has 2 N–H and O–H groups in total. The van der Waals surface area contributed by atoms with Gasteiger partial charge in [-0.15, -0.1) is 0 Å². The van der Waals surface area contributed by atoms with Crippen LogP contribution in [0.15, 0.2) is 10.9 Å². The lowest BCUT2D eigenvalue weighted by molar-refractivity contribution is -0.153. The van der Waals surface area contributed by atoms with Gasteiger partial charge in [-0.1, -0.05) is 13.8 Å². The molecule has 1 saturated carbocycles. The van der Waals surface area contributed by atoms with Crippen molar-refractivity contribution >= 4 is 23.5 Å². The largest absolute Gasteiger partial charge is 0.494 e. The van der Waals surface area contributed by atoms with Gasteiger partial charge in [-0.05, 0) is 57.4 Å². The van der Waals surface area contributed by atoms with Crippen molar-refractivity contribution in [3.63, 3.8) is 0 Å². The molecule has 2 aromatic heterocycles. The number of carbonyl (C=O) groups excluding carboxylic acids is 2. The van der Waals surface area contributed by atoms with Gasteiger partial charge >= 0.3 is 6.18 Å². The number of amides is 2. The van der Waals surface area contributed by atoms with Gasteiger partial charge in [0.05, 0.1) is 12.2 Å². The van der Waals surface area contributed by atoms with E-state index in [-0.39, 0.29) is 42.2 Å². The van der Waals surface area contributed by atoms with Crippen molar-refractivity contribution in [2.75, 3.05) is 26.2 Å². The molecule has 0 bridgehead atoms. The average Bonchev–Trinajstić information content (AvgIpc) is 3.50. The molecule has 2 amide bonds. The van der Waals surface area contributed by atoms with Crippen molar-refractivity contribution in [1.29, 1.82) is 0 Å². The molecular formula is C28H37F3N6O4. The Labute approximate surface area is 235 Å². The molecule has 0 aromatic carbocycles. The highest BCUT2D eigenvalue weighted by atomic mass is 19.4. The van der Waals surface area contributed by atoms with Crippen LogP contribution < -0.4 is 10.9 Å². The number of fused-ring (bicyclic) bond motifs is 1. The summed E-state index contributed by atoms with van der Waals surface area (Å²) in [5.41, 5.74) is -0.388. The molecule has 0 unspecified atom stereocenters. The molecule has 41 heavy (non-hydrogen) atoms. The second-order valence-electron chi connectivity index (χ2n) is 12.0. The SMILES string of the molecule is Cc1nn2c(=O)c(C(=O)NC3CC3)c(O)n(CC(C)C)c2c1C=CC(=O)N1CCCC12CCN(CC(F)(F)F)CC2. The maximum atomic E-state index is 13.5. The predicted octanol–water partition coefficient (Wildman–Crippen LogP) is 3.09. The summed E-state index contributed by atoms with van der Waals surface area (Å²) in [5, 5.41) is 18.3. The molecule has 2 saturated heterocycles. The summed E-state index contributed by atoms with van der Waals surface area (Å²) < 4.78 is 41.2. The van der Waals surface area contributed by atoms with E-state index in [2.05, 4.69) is 10.4 Å². The normalized spacial score (nSPS) is 19.7. The minimum Gasteiger partial charge on any atom is -0.494 e. The van der Waals surface area contributed by atoms with E-state index >= 15 is 0 Å². The number of carbonyl (C=O) groups is 2. The van der Waals surface area contributed by atoms with Crippen molar-refractivity contribution in [3.8, 4) is 5.88 Å². The maximum Gasteiger partial charge on any atom is 0.401 e. The van der Waals surface area contributed by atoms with Gasteiger partial charge in [0.15, 0.2) is 5.56 Å². The predicted molar refractivity (Wildman–Crippen MR) is 146 cm³/mol. The third-order valence-corrected chi connectivity index (χ3v) is 8.35. The fourth-order valence-electron chi connectivity index (χ4n) is 6.21. The van der Waals surface area contributed by atoms with E-state index in [1.54, 1.807) is 17.9 Å². The van der Waals surface area contributed by atoms with Crippen LogP contribution >= 0.6 is 0 Å². The Morgan fingerprint density at radius 2 is 1.85 bits per heavy atom. The van der Waals surface area contributed by atoms with E-state index in [9.17, 15) is 32.7 Å². The van der Waals surface area contributed by atoms with Crippen LogP contribution in [0, 0.1) is 12.8 Å².